The molecular formula is C19H20FNO7S. The standard InChI is InChI=1S/C15H9FO7S.C4H12N/c16-8-3-1-7(2-4-8)12-6-10(18)13-9(17)5-11(19)15(14(13)23-12)24(20,21)22;1-5(2,3)4/h1-6,17,19H,(H,20,21,22);1-4H3/q;+1/p-1. The minimum Gasteiger partial charge on any atom is -0.744 e. The third-order valence-electron chi connectivity index (χ3n) is 3.29. The van der Waals surface area contributed by atoms with Crippen LogP contribution in [0.1, 0.15) is 0 Å². The molecule has 2 aromatic carbocycles. The first kappa shape index (κ1) is 22.3. The monoisotopic (exact) mass is 425 g/mol. The molecular weight excluding hydrogens is 405 g/mol. The van der Waals surface area contributed by atoms with Crippen molar-refractivity contribution in [3.8, 4) is 22.8 Å². The molecule has 1 heterocycles. The van der Waals surface area contributed by atoms with E-state index in [9.17, 15) is 32.4 Å². The Bertz CT molecular complexity index is 1200. The fraction of sp³-hybridized carbons (Fsp3) is 0.211. The van der Waals surface area contributed by atoms with Crippen molar-refractivity contribution in [2.75, 3.05) is 28.2 Å². The van der Waals surface area contributed by atoms with Crippen LogP contribution in [0.15, 0.2) is 50.5 Å². The molecule has 0 unspecified atom stereocenters. The van der Waals surface area contributed by atoms with Gasteiger partial charge in [0.05, 0.1) is 28.2 Å². The first-order valence-electron chi connectivity index (χ1n) is 8.22. The number of phenols is 2. The molecule has 0 aliphatic carbocycles. The van der Waals surface area contributed by atoms with Gasteiger partial charge < -0.3 is 23.7 Å². The van der Waals surface area contributed by atoms with Crippen molar-refractivity contribution in [1.29, 1.82) is 0 Å². The normalized spacial score (nSPS) is 11.8. The lowest BCUT2D eigenvalue weighted by Crippen LogP contribution is -2.27. The molecule has 10 heteroatoms. The molecule has 0 saturated carbocycles. The van der Waals surface area contributed by atoms with Gasteiger partial charge in [-0.1, -0.05) is 0 Å². The Labute approximate surface area is 166 Å². The van der Waals surface area contributed by atoms with E-state index in [0.29, 0.717) is 6.07 Å². The minimum absolute atomic E-state index is 0.164. The summed E-state index contributed by atoms with van der Waals surface area (Å²) in [7, 11) is 3.30. The van der Waals surface area contributed by atoms with Crippen LogP contribution in [0.2, 0.25) is 0 Å². The fourth-order valence-corrected chi connectivity index (χ4v) is 2.96. The highest BCUT2D eigenvalue weighted by Crippen LogP contribution is 2.37. The molecule has 0 saturated heterocycles. The third-order valence-corrected chi connectivity index (χ3v) is 4.19. The Morgan fingerprint density at radius 3 is 2.00 bits per heavy atom. The summed E-state index contributed by atoms with van der Waals surface area (Å²) in [5.74, 6) is -2.49. The average Bonchev–Trinajstić information content (AvgIpc) is 2.51. The van der Waals surface area contributed by atoms with E-state index in [-0.39, 0.29) is 11.3 Å². The number of halogens is 1. The quantitative estimate of drug-likeness (QED) is 0.476. The van der Waals surface area contributed by atoms with Crippen LogP contribution in [0.5, 0.6) is 11.5 Å². The maximum absolute atomic E-state index is 13.0. The molecule has 0 aliphatic rings. The van der Waals surface area contributed by atoms with Gasteiger partial charge >= 0.3 is 0 Å². The molecule has 0 amide bonds. The van der Waals surface area contributed by atoms with Crippen LogP contribution in [0, 0.1) is 5.82 Å². The van der Waals surface area contributed by atoms with E-state index in [4.69, 9.17) is 4.42 Å². The maximum Gasteiger partial charge on any atom is 0.197 e. The SMILES string of the molecule is C[N+](C)(C)C.O=c1cc(-c2ccc(F)cc2)oc2c(S(=O)(=O)[O-])c(O)cc(O)c12. The number of hydrogen-bond donors (Lipinski definition) is 2. The predicted molar refractivity (Wildman–Crippen MR) is 103 cm³/mol. The second-order valence-electron chi connectivity index (χ2n) is 7.57. The number of nitrogens with zero attached hydrogens (tertiary/aromatic N) is 1. The molecule has 0 aliphatic heterocycles. The van der Waals surface area contributed by atoms with E-state index in [2.05, 4.69) is 28.2 Å². The van der Waals surface area contributed by atoms with Gasteiger partial charge in [0.1, 0.15) is 43.5 Å². The molecule has 1 aromatic heterocycles. The third kappa shape index (κ3) is 5.53. The fourth-order valence-electron chi connectivity index (χ4n) is 2.28. The van der Waals surface area contributed by atoms with Gasteiger partial charge in [-0.05, 0) is 24.3 Å². The maximum atomic E-state index is 13.0. The lowest BCUT2D eigenvalue weighted by Gasteiger charge is -2.14. The van der Waals surface area contributed by atoms with Gasteiger partial charge in [0.25, 0.3) is 0 Å². The first-order valence-corrected chi connectivity index (χ1v) is 9.63. The summed E-state index contributed by atoms with van der Waals surface area (Å²) in [4.78, 5) is 11.0. The summed E-state index contributed by atoms with van der Waals surface area (Å²) in [6.45, 7) is 0. The Hall–Kier alpha value is -2.95. The van der Waals surface area contributed by atoms with Gasteiger partial charge in [0.2, 0.25) is 0 Å². The smallest absolute Gasteiger partial charge is 0.197 e. The summed E-state index contributed by atoms with van der Waals surface area (Å²) in [5, 5.41) is 18.9. The van der Waals surface area contributed by atoms with Gasteiger partial charge in [0, 0.05) is 17.7 Å². The highest BCUT2D eigenvalue weighted by atomic mass is 32.2. The number of fused-ring (bicyclic) bond motifs is 1. The molecule has 3 rings (SSSR count). The first-order chi connectivity index (χ1) is 13.2. The van der Waals surface area contributed by atoms with Gasteiger partial charge in [0.15, 0.2) is 11.0 Å². The summed E-state index contributed by atoms with van der Waals surface area (Å²) < 4.78 is 53.4. The number of phenolic OH excluding ortho intramolecular Hbond substituents is 2. The molecule has 0 bridgehead atoms. The summed E-state index contributed by atoms with van der Waals surface area (Å²) in [5.41, 5.74) is -1.38. The van der Waals surface area contributed by atoms with E-state index in [1.165, 1.54) is 12.1 Å². The lowest BCUT2D eigenvalue weighted by molar-refractivity contribution is -0.849. The van der Waals surface area contributed by atoms with Crippen LogP contribution < -0.4 is 5.43 Å². The van der Waals surface area contributed by atoms with Crippen molar-refractivity contribution in [2.24, 2.45) is 0 Å². The number of benzene rings is 2. The van der Waals surface area contributed by atoms with E-state index in [0.717, 1.165) is 22.7 Å². The second kappa shape index (κ2) is 7.82. The predicted octanol–water partition coefficient (Wildman–Crippen LogP) is 2.24. The molecule has 2 N–H and O–H groups in total. The number of aromatic hydroxyl groups is 2. The van der Waals surface area contributed by atoms with Crippen LogP contribution in [0.3, 0.4) is 0 Å². The van der Waals surface area contributed by atoms with Gasteiger partial charge in [-0.3, -0.25) is 4.79 Å². The summed E-state index contributed by atoms with van der Waals surface area (Å²) in [6, 6.07) is 6.24. The van der Waals surface area contributed by atoms with Crippen molar-refractivity contribution in [3.05, 3.63) is 52.4 Å². The van der Waals surface area contributed by atoms with Crippen LogP contribution in [0.4, 0.5) is 4.39 Å². The lowest BCUT2D eigenvalue weighted by atomic mass is 10.1. The van der Waals surface area contributed by atoms with E-state index >= 15 is 0 Å². The summed E-state index contributed by atoms with van der Waals surface area (Å²) >= 11 is 0. The summed E-state index contributed by atoms with van der Waals surface area (Å²) in [6.07, 6.45) is 0. The molecule has 156 valence electrons. The highest BCUT2D eigenvalue weighted by Gasteiger charge is 2.22. The molecule has 29 heavy (non-hydrogen) atoms. The second-order valence-corrected chi connectivity index (χ2v) is 8.88. The van der Waals surface area contributed by atoms with Crippen molar-refractivity contribution in [2.45, 2.75) is 4.90 Å². The Kier molecular flexibility index (Phi) is 6.02. The highest BCUT2D eigenvalue weighted by molar-refractivity contribution is 7.86. The topological polar surface area (TPSA) is 128 Å². The molecule has 0 fully saturated rings. The van der Waals surface area contributed by atoms with Crippen molar-refractivity contribution in [3.63, 3.8) is 0 Å². The number of hydrogen-bond acceptors (Lipinski definition) is 7. The van der Waals surface area contributed by atoms with Crippen LogP contribution in [-0.4, -0.2) is 55.9 Å². The van der Waals surface area contributed by atoms with Crippen molar-refractivity contribution < 1.29 is 36.5 Å². The van der Waals surface area contributed by atoms with Gasteiger partial charge in [-0.2, -0.15) is 0 Å². The zero-order valence-electron chi connectivity index (χ0n) is 16.1. The Morgan fingerprint density at radius 2 is 1.52 bits per heavy atom. The van der Waals surface area contributed by atoms with E-state index < -0.39 is 48.7 Å². The van der Waals surface area contributed by atoms with Crippen LogP contribution >= 0.6 is 0 Å². The Balaban J connectivity index is 0.000000537. The van der Waals surface area contributed by atoms with Crippen molar-refractivity contribution in [1.82, 2.24) is 0 Å². The number of quaternary nitrogens is 1. The molecule has 8 nitrogen and oxygen atoms in total. The molecule has 0 radical (unpaired) electrons. The average molecular weight is 425 g/mol. The van der Waals surface area contributed by atoms with Crippen LogP contribution in [0.25, 0.3) is 22.3 Å². The van der Waals surface area contributed by atoms with Crippen LogP contribution in [-0.2, 0) is 10.1 Å². The van der Waals surface area contributed by atoms with Crippen molar-refractivity contribution >= 4 is 21.1 Å². The molecule has 0 spiro atoms. The number of rotatable bonds is 2. The van der Waals surface area contributed by atoms with E-state index in [1.807, 2.05) is 0 Å². The molecule has 0 atom stereocenters. The largest absolute Gasteiger partial charge is 0.744 e. The zero-order valence-corrected chi connectivity index (χ0v) is 16.9. The van der Waals surface area contributed by atoms with Gasteiger partial charge in [-0.25, -0.2) is 12.8 Å². The Morgan fingerprint density at radius 1 is 1.00 bits per heavy atom. The zero-order chi connectivity index (χ0) is 22.1. The van der Waals surface area contributed by atoms with E-state index in [1.54, 1.807) is 0 Å². The minimum atomic E-state index is -5.20. The molecule has 3 aromatic rings. The van der Waals surface area contributed by atoms with Gasteiger partial charge in [-0.15, -0.1) is 0 Å².